The van der Waals surface area contributed by atoms with Gasteiger partial charge in [-0.2, -0.15) is 5.10 Å². The fourth-order valence-electron chi connectivity index (χ4n) is 3.41. The van der Waals surface area contributed by atoms with Crippen LogP contribution in [-0.2, 0) is 4.79 Å². The fraction of sp³-hybridized carbons (Fsp3) is 0.389. The summed E-state index contributed by atoms with van der Waals surface area (Å²) >= 11 is 0. The summed E-state index contributed by atoms with van der Waals surface area (Å²) in [4.78, 5) is 25.6. The van der Waals surface area contributed by atoms with Crippen LogP contribution in [0.15, 0.2) is 24.4 Å². The van der Waals surface area contributed by atoms with Gasteiger partial charge in [0, 0.05) is 12.6 Å². The summed E-state index contributed by atoms with van der Waals surface area (Å²) in [5.41, 5.74) is 0.992. The number of amides is 1. The molecular weight excluding hydrogens is 341 g/mol. The summed E-state index contributed by atoms with van der Waals surface area (Å²) < 4.78 is 14.6. The Morgan fingerprint density at radius 2 is 2.08 bits per heavy atom. The zero-order valence-corrected chi connectivity index (χ0v) is 14.5. The molecule has 2 heterocycles. The smallest absolute Gasteiger partial charge is 0.308 e. The molecule has 1 aliphatic heterocycles. The molecule has 1 saturated heterocycles. The van der Waals surface area contributed by atoms with Crippen molar-refractivity contribution in [2.45, 2.75) is 32.7 Å². The van der Waals surface area contributed by atoms with Crippen LogP contribution in [0.2, 0.25) is 0 Å². The van der Waals surface area contributed by atoms with E-state index in [4.69, 9.17) is 0 Å². The van der Waals surface area contributed by atoms with Crippen molar-refractivity contribution < 1.29 is 24.2 Å². The van der Waals surface area contributed by atoms with Crippen molar-refractivity contribution in [2.75, 3.05) is 6.54 Å². The molecule has 8 heteroatoms. The molecule has 1 aromatic heterocycles. The average Bonchev–Trinajstić information content (AvgIpc) is 2.95. The highest BCUT2D eigenvalue weighted by Gasteiger charge is 2.37. The number of nitrogens with zero attached hydrogens (tertiary/aromatic N) is 3. The predicted octanol–water partition coefficient (Wildman–Crippen LogP) is 2.35. The number of carbonyl (C=O) groups excluding carboxylic acids is 1. The van der Waals surface area contributed by atoms with Gasteiger partial charge >= 0.3 is 5.97 Å². The first-order valence-corrected chi connectivity index (χ1v) is 8.38. The number of hydrogen-bond donors (Lipinski definition) is 2. The van der Waals surface area contributed by atoms with Crippen LogP contribution in [0.3, 0.4) is 0 Å². The molecule has 1 aromatic carbocycles. The minimum absolute atomic E-state index is 0.147. The van der Waals surface area contributed by atoms with Crippen molar-refractivity contribution in [3.05, 3.63) is 41.5 Å². The number of benzene rings is 1. The zero-order valence-electron chi connectivity index (χ0n) is 14.5. The molecule has 0 aliphatic carbocycles. The summed E-state index contributed by atoms with van der Waals surface area (Å²) in [7, 11) is 0. The highest BCUT2D eigenvalue weighted by molar-refractivity contribution is 5.95. The summed E-state index contributed by atoms with van der Waals surface area (Å²) in [6.07, 6.45) is 2.37. The number of hydrogen-bond acceptors (Lipinski definition) is 4. The Morgan fingerprint density at radius 3 is 2.73 bits per heavy atom. The van der Waals surface area contributed by atoms with Crippen LogP contribution in [0.25, 0.3) is 5.69 Å². The molecule has 3 rings (SSSR count). The van der Waals surface area contributed by atoms with Gasteiger partial charge in [-0.05, 0) is 50.5 Å². The number of aromatic hydroxyl groups is 1. The molecule has 2 aromatic rings. The number of likely N-dealkylation sites (tertiary alicyclic amines) is 1. The molecule has 0 unspecified atom stereocenters. The maximum Gasteiger partial charge on any atom is 0.308 e. The lowest BCUT2D eigenvalue weighted by atomic mass is 9.90. The number of aryl methyl sites for hydroxylation is 1. The fourth-order valence-corrected chi connectivity index (χ4v) is 3.41. The van der Waals surface area contributed by atoms with Gasteiger partial charge in [0.1, 0.15) is 5.82 Å². The largest absolute Gasteiger partial charge is 0.504 e. The Labute approximate surface area is 149 Å². The molecule has 2 N–H and O–H groups in total. The van der Waals surface area contributed by atoms with Gasteiger partial charge in [-0.25, -0.2) is 9.07 Å². The third kappa shape index (κ3) is 3.14. The molecule has 0 radical (unpaired) electrons. The molecular formula is C18H20FN3O4. The van der Waals surface area contributed by atoms with E-state index in [-0.39, 0.29) is 17.3 Å². The molecule has 1 fully saturated rings. The van der Waals surface area contributed by atoms with Crippen molar-refractivity contribution in [3.63, 3.8) is 0 Å². The Hall–Kier alpha value is -2.90. The first kappa shape index (κ1) is 17.9. The summed E-state index contributed by atoms with van der Waals surface area (Å²) in [5, 5.41) is 23.6. The average molecular weight is 361 g/mol. The van der Waals surface area contributed by atoms with Gasteiger partial charge in [-0.3, -0.25) is 9.59 Å². The molecule has 0 bridgehead atoms. The maximum atomic E-state index is 13.3. The van der Waals surface area contributed by atoms with E-state index in [0.717, 1.165) is 0 Å². The van der Waals surface area contributed by atoms with Gasteiger partial charge in [0.05, 0.1) is 17.8 Å². The normalized spacial score (nSPS) is 20.2. The van der Waals surface area contributed by atoms with Crippen molar-refractivity contribution in [1.82, 2.24) is 14.7 Å². The van der Waals surface area contributed by atoms with Crippen LogP contribution >= 0.6 is 0 Å². The number of halogens is 1. The number of aromatic nitrogens is 2. The van der Waals surface area contributed by atoms with Crippen LogP contribution in [-0.4, -0.2) is 49.4 Å². The lowest BCUT2D eigenvalue weighted by Crippen LogP contribution is -2.49. The number of aliphatic carboxylic acids is 1. The van der Waals surface area contributed by atoms with E-state index >= 15 is 0 Å². The number of carboxylic acid groups (broad SMARTS) is 1. The Bertz CT molecular complexity index is 864. The summed E-state index contributed by atoms with van der Waals surface area (Å²) in [5.74, 6) is -2.79. The Morgan fingerprint density at radius 1 is 1.35 bits per heavy atom. The quantitative estimate of drug-likeness (QED) is 0.875. The van der Waals surface area contributed by atoms with E-state index in [1.165, 1.54) is 34.0 Å². The van der Waals surface area contributed by atoms with Crippen LogP contribution < -0.4 is 0 Å². The van der Waals surface area contributed by atoms with E-state index in [0.29, 0.717) is 30.6 Å². The standard InChI is InChI=1S/C18H20FN3O4/c1-10-8-12(19)5-6-14(10)22-9-15(23)16(20-22)17(24)21-7-3-4-13(11(21)2)18(25)26/h5-6,8-9,11,13,23H,3-4,7H2,1-2H3,(H,25,26)/t11-,13-/m1/s1. The van der Waals surface area contributed by atoms with Gasteiger partial charge in [-0.15, -0.1) is 0 Å². The highest BCUT2D eigenvalue weighted by atomic mass is 19.1. The molecule has 0 saturated carbocycles. The van der Waals surface area contributed by atoms with Crippen molar-refractivity contribution in [1.29, 1.82) is 0 Å². The molecule has 1 aliphatic rings. The van der Waals surface area contributed by atoms with Crippen molar-refractivity contribution in [3.8, 4) is 11.4 Å². The topological polar surface area (TPSA) is 95.7 Å². The maximum absolute atomic E-state index is 13.3. The number of carboxylic acids is 1. The van der Waals surface area contributed by atoms with Gasteiger partial charge in [0.2, 0.25) is 0 Å². The van der Waals surface area contributed by atoms with Crippen LogP contribution in [0, 0.1) is 18.7 Å². The molecule has 0 spiro atoms. The minimum atomic E-state index is -0.938. The van der Waals surface area contributed by atoms with Gasteiger partial charge in [0.25, 0.3) is 5.91 Å². The van der Waals surface area contributed by atoms with Crippen molar-refractivity contribution in [2.24, 2.45) is 5.92 Å². The van der Waals surface area contributed by atoms with E-state index in [1.807, 2.05) is 0 Å². The summed E-state index contributed by atoms with van der Waals surface area (Å²) in [6.45, 7) is 3.79. The molecule has 26 heavy (non-hydrogen) atoms. The second-order valence-electron chi connectivity index (χ2n) is 6.56. The van der Waals surface area contributed by atoms with E-state index in [9.17, 15) is 24.2 Å². The SMILES string of the molecule is Cc1cc(F)ccc1-n1cc(O)c(C(=O)N2CCC[C@@H](C(=O)O)[C@H]2C)n1. The highest BCUT2D eigenvalue weighted by Crippen LogP contribution is 2.28. The van der Waals surface area contributed by atoms with Crippen LogP contribution in [0.4, 0.5) is 4.39 Å². The number of piperidine rings is 1. The Kier molecular flexibility index (Phi) is 4.67. The van der Waals surface area contributed by atoms with Gasteiger partial charge in [-0.1, -0.05) is 0 Å². The first-order chi connectivity index (χ1) is 12.3. The lowest BCUT2D eigenvalue weighted by Gasteiger charge is -2.37. The monoisotopic (exact) mass is 361 g/mol. The molecule has 2 atom stereocenters. The predicted molar refractivity (Wildman–Crippen MR) is 90.8 cm³/mol. The lowest BCUT2D eigenvalue weighted by molar-refractivity contribution is -0.144. The second-order valence-corrected chi connectivity index (χ2v) is 6.56. The second kappa shape index (κ2) is 6.78. The van der Waals surface area contributed by atoms with E-state index in [2.05, 4.69) is 5.10 Å². The summed E-state index contributed by atoms with van der Waals surface area (Å²) in [6, 6.07) is 3.62. The Balaban J connectivity index is 1.91. The van der Waals surface area contributed by atoms with Gasteiger partial charge in [0.15, 0.2) is 11.4 Å². The minimum Gasteiger partial charge on any atom is -0.504 e. The van der Waals surface area contributed by atoms with Crippen molar-refractivity contribution >= 4 is 11.9 Å². The van der Waals surface area contributed by atoms with E-state index in [1.54, 1.807) is 13.8 Å². The third-order valence-electron chi connectivity index (χ3n) is 4.87. The third-order valence-corrected chi connectivity index (χ3v) is 4.87. The number of carbonyl (C=O) groups is 2. The van der Waals surface area contributed by atoms with Gasteiger partial charge < -0.3 is 15.1 Å². The number of rotatable bonds is 3. The van der Waals surface area contributed by atoms with E-state index < -0.39 is 23.8 Å². The first-order valence-electron chi connectivity index (χ1n) is 8.38. The molecule has 7 nitrogen and oxygen atoms in total. The van der Waals surface area contributed by atoms with Crippen LogP contribution in [0.5, 0.6) is 5.75 Å². The zero-order chi connectivity index (χ0) is 19.0. The van der Waals surface area contributed by atoms with Crippen LogP contribution in [0.1, 0.15) is 35.8 Å². The molecule has 138 valence electrons. The molecule has 1 amide bonds.